The van der Waals surface area contributed by atoms with Crippen LogP contribution in [0.1, 0.15) is 42.4 Å². The Morgan fingerprint density at radius 2 is 1.86 bits per heavy atom. The van der Waals surface area contributed by atoms with Crippen molar-refractivity contribution in [1.29, 1.82) is 0 Å². The van der Waals surface area contributed by atoms with Gasteiger partial charge in [-0.3, -0.25) is 4.79 Å². The first-order valence-electron chi connectivity index (χ1n) is 7.56. The number of hydrogen-bond donors (Lipinski definition) is 1. The molecule has 2 aromatic rings. The van der Waals surface area contributed by atoms with Crippen molar-refractivity contribution in [1.82, 2.24) is 4.90 Å². The molecule has 1 amide bonds. The van der Waals surface area contributed by atoms with Crippen LogP contribution in [0.4, 0.5) is 10.1 Å². The van der Waals surface area contributed by atoms with E-state index in [1.165, 1.54) is 6.07 Å². The van der Waals surface area contributed by atoms with E-state index >= 15 is 0 Å². The van der Waals surface area contributed by atoms with Crippen LogP contribution in [-0.4, -0.2) is 16.8 Å². The molecule has 3 nitrogen and oxygen atoms in total. The van der Waals surface area contributed by atoms with Gasteiger partial charge in [-0.05, 0) is 31.5 Å². The molecule has 0 spiro atoms. The van der Waals surface area contributed by atoms with Crippen LogP contribution in [0.5, 0.6) is 0 Å². The van der Waals surface area contributed by atoms with Crippen molar-refractivity contribution in [2.45, 2.75) is 32.5 Å². The molecule has 22 heavy (non-hydrogen) atoms. The number of carbonyl (C=O) groups is 1. The molecule has 0 saturated carbocycles. The maximum absolute atomic E-state index is 14.2. The highest BCUT2D eigenvalue weighted by Crippen LogP contribution is 2.35. The summed E-state index contributed by atoms with van der Waals surface area (Å²) < 4.78 is 14.2. The Morgan fingerprint density at radius 3 is 2.59 bits per heavy atom. The average Bonchev–Trinajstić information content (AvgIpc) is 2.54. The molecule has 0 bridgehead atoms. The number of nitrogens with zero attached hydrogens (tertiary/aromatic N) is 1. The number of carbonyl (C=O) groups excluding carboxylic acids is 1. The molecule has 1 N–H and O–H groups in total. The highest BCUT2D eigenvalue weighted by atomic mass is 19.1. The van der Waals surface area contributed by atoms with Crippen molar-refractivity contribution in [2.75, 3.05) is 5.32 Å². The van der Waals surface area contributed by atoms with Crippen LogP contribution in [0.25, 0.3) is 0 Å². The second-order valence-electron chi connectivity index (χ2n) is 5.58. The summed E-state index contributed by atoms with van der Waals surface area (Å²) in [6.07, 6.45) is 0.319. The first-order valence-corrected chi connectivity index (χ1v) is 7.56. The average molecular weight is 298 g/mol. The Balaban J connectivity index is 2.11. The zero-order valence-electron chi connectivity index (χ0n) is 12.7. The maximum atomic E-state index is 14.2. The van der Waals surface area contributed by atoms with E-state index in [0.29, 0.717) is 11.1 Å². The topological polar surface area (TPSA) is 32.3 Å². The van der Waals surface area contributed by atoms with Gasteiger partial charge in [0.2, 0.25) is 0 Å². The van der Waals surface area contributed by atoms with Gasteiger partial charge in [0.1, 0.15) is 12.0 Å². The lowest BCUT2D eigenvalue weighted by Gasteiger charge is -2.41. The molecule has 4 heteroatoms. The Morgan fingerprint density at radius 1 is 1.18 bits per heavy atom. The van der Waals surface area contributed by atoms with Crippen LogP contribution in [0.2, 0.25) is 0 Å². The molecule has 0 saturated heterocycles. The number of halogens is 1. The van der Waals surface area contributed by atoms with Gasteiger partial charge in [-0.25, -0.2) is 4.39 Å². The summed E-state index contributed by atoms with van der Waals surface area (Å²) in [5.41, 5.74) is 1.88. The predicted molar refractivity (Wildman–Crippen MR) is 85.1 cm³/mol. The van der Waals surface area contributed by atoms with E-state index in [4.69, 9.17) is 0 Å². The molecule has 0 aliphatic carbocycles. The van der Waals surface area contributed by atoms with E-state index < -0.39 is 6.17 Å². The molecule has 0 unspecified atom stereocenters. The summed E-state index contributed by atoms with van der Waals surface area (Å²) in [6, 6.07) is 14.0. The standard InChI is InChI=1S/C18H19FN2O/c1-3-12(2)21-17(13-8-4-6-10-15(13)19)20-16-11-7-5-9-14(16)18(21)22/h4-12,17,20H,3H2,1-2H3/t12-,17+/m0/s1. The normalized spacial score (nSPS) is 18.6. The van der Waals surface area contributed by atoms with E-state index in [1.807, 2.05) is 32.0 Å². The van der Waals surface area contributed by atoms with Crippen LogP contribution in [0.15, 0.2) is 48.5 Å². The van der Waals surface area contributed by atoms with Crippen LogP contribution in [-0.2, 0) is 0 Å². The second kappa shape index (κ2) is 5.79. The quantitative estimate of drug-likeness (QED) is 0.921. The fraction of sp³-hybridized carbons (Fsp3) is 0.278. The molecule has 0 fully saturated rings. The number of amides is 1. The highest BCUT2D eigenvalue weighted by Gasteiger charge is 2.36. The van der Waals surface area contributed by atoms with Crippen molar-refractivity contribution >= 4 is 11.6 Å². The molecular formula is C18H19FN2O. The highest BCUT2D eigenvalue weighted by molar-refractivity contribution is 6.01. The molecule has 3 rings (SSSR count). The third kappa shape index (κ3) is 2.34. The van der Waals surface area contributed by atoms with Crippen molar-refractivity contribution in [3.63, 3.8) is 0 Å². The van der Waals surface area contributed by atoms with Crippen molar-refractivity contribution in [3.8, 4) is 0 Å². The van der Waals surface area contributed by atoms with E-state index in [1.54, 1.807) is 29.2 Å². The summed E-state index contributed by atoms with van der Waals surface area (Å²) in [5.74, 6) is -0.363. The summed E-state index contributed by atoms with van der Waals surface area (Å²) >= 11 is 0. The van der Waals surface area contributed by atoms with Gasteiger partial charge in [-0.15, -0.1) is 0 Å². The number of benzene rings is 2. The molecule has 1 aliphatic rings. The lowest BCUT2D eigenvalue weighted by Crippen LogP contribution is -2.47. The van der Waals surface area contributed by atoms with Crippen molar-refractivity contribution in [3.05, 3.63) is 65.5 Å². The minimum Gasteiger partial charge on any atom is -0.361 e. The third-order valence-corrected chi connectivity index (χ3v) is 4.23. The summed E-state index contributed by atoms with van der Waals surface area (Å²) in [4.78, 5) is 14.6. The Labute approximate surface area is 129 Å². The molecule has 1 aliphatic heterocycles. The largest absolute Gasteiger partial charge is 0.361 e. The van der Waals surface area contributed by atoms with Gasteiger partial charge < -0.3 is 10.2 Å². The van der Waals surface area contributed by atoms with Gasteiger partial charge in [-0.2, -0.15) is 0 Å². The first-order chi connectivity index (χ1) is 10.6. The van der Waals surface area contributed by atoms with E-state index in [9.17, 15) is 9.18 Å². The van der Waals surface area contributed by atoms with Crippen molar-refractivity contribution < 1.29 is 9.18 Å². The number of nitrogens with one attached hydrogen (secondary N) is 1. The second-order valence-corrected chi connectivity index (χ2v) is 5.58. The Hall–Kier alpha value is -2.36. The van der Waals surface area contributed by atoms with Crippen LogP contribution in [0.3, 0.4) is 0 Å². The zero-order valence-corrected chi connectivity index (χ0v) is 12.7. The molecule has 2 aromatic carbocycles. The van der Waals surface area contributed by atoms with Gasteiger partial charge in [0.05, 0.1) is 5.56 Å². The predicted octanol–water partition coefficient (Wildman–Crippen LogP) is 4.19. The van der Waals surface area contributed by atoms with E-state index in [2.05, 4.69) is 5.32 Å². The first kappa shape index (κ1) is 14.6. The molecule has 1 heterocycles. The minimum atomic E-state index is -0.487. The summed E-state index contributed by atoms with van der Waals surface area (Å²) in [6.45, 7) is 4.01. The maximum Gasteiger partial charge on any atom is 0.258 e. The van der Waals surface area contributed by atoms with Gasteiger partial charge in [0.15, 0.2) is 0 Å². The fourth-order valence-corrected chi connectivity index (χ4v) is 2.84. The number of rotatable bonds is 3. The molecule has 114 valence electrons. The molecule has 0 aromatic heterocycles. The summed E-state index contributed by atoms with van der Waals surface area (Å²) in [5, 5.41) is 3.31. The van der Waals surface area contributed by atoms with Gasteiger partial charge in [-0.1, -0.05) is 37.3 Å². The van der Waals surface area contributed by atoms with E-state index in [0.717, 1.165) is 12.1 Å². The van der Waals surface area contributed by atoms with Crippen LogP contribution < -0.4 is 5.32 Å². The Kier molecular flexibility index (Phi) is 3.84. The molecular weight excluding hydrogens is 279 g/mol. The smallest absolute Gasteiger partial charge is 0.258 e. The zero-order chi connectivity index (χ0) is 15.7. The van der Waals surface area contributed by atoms with Crippen LogP contribution >= 0.6 is 0 Å². The molecule has 2 atom stereocenters. The lowest BCUT2D eigenvalue weighted by molar-refractivity contribution is 0.0590. The number of hydrogen-bond acceptors (Lipinski definition) is 2. The van der Waals surface area contributed by atoms with Crippen molar-refractivity contribution in [2.24, 2.45) is 0 Å². The number of para-hydroxylation sites is 1. The SMILES string of the molecule is CC[C@H](C)N1C(=O)c2ccccc2N[C@H]1c1ccccc1F. The fourth-order valence-electron chi connectivity index (χ4n) is 2.84. The number of fused-ring (bicyclic) bond motifs is 1. The third-order valence-electron chi connectivity index (χ3n) is 4.23. The van der Waals surface area contributed by atoms with Crippen LogP contribution in [0, 0.1) is 5.82 Å². The molecule has 0 radical (unpaired) electrons. The summed E-state index contributed by atoms with van der Waals surface area (Å²) in [7, 11) is 0. The van der Waals surface area contributed by atoms with E-state index in [-0.39, 0.29) is 17.8 Å². The number of anilines is 1. The van der Waals surface area contributed by atoms with Gasteiger partial charge in [0, 0.05) is 17.3 Å². The lowest BCUT2D eigenvalue weighted by atomic mass is 10.0. The Bertz CT molecular complexity index is 701. The van der Waals surface area contributed by atoms with Gasteiger partial charge >= 0.3 is 0 Å². The minimum absolute atomic E-state index is 0.0120. The monoisotopic (exact) mass is 298 g/mol. The van der Waals surface area contributed by atoms with Gasteiger partial charge in [0.25, 0.3) is 5.91 Å².